The summed E-state index contributed by atoms with van der Waals surface area (Å²) >= 11 is 0. The Morgan fingerprint density at radius 1 is 1.14 bits per heavy atom. The van der Waals surface area contributed by atoms with Gasteiger partial charge in [-0.3, -0.25) is 0 Å². The first-order valence-electron chi connectivity index (χ1n) is 6.96. The highest BCUT2D eigenvalue weighted by molar-refractivity contribution is 4.99. The quantitative estimate of drug-likeness (QED) is 0.567. The van der Waals surface area contributed by atoms with Crippen molar-refractivity contribution >= 4 is 0 Å². The second-order valence-electron chi connectivity index (χ2n) is 5.72. The minimum atomic E-state index is -5.73. The van der Waals surface area contributed by atoms with E-state index in [2.05, 4.69) is 6.58 Å². The summed E-state index contributed by atoms with van der Waals surface area (Å²) in [5.74, 6) is -1.21. The Balaban J connectivity index is 3.01. The zero-order valence-corrected chi connectivity index (χ0v) is 11.8. The molecule has 1 nitrogen and oxygen atoms in total. The summed E-state index contributed by atoms with van der Waals surface area (Å²) in [7, 11) is 0. The average molecular weight is 318 g/mol. The molecule has 3 unspecified atom stereocenters. The van der Waals surface area contributed by atoms with Crippen molar-refractivity contribution in [2.24, 2.45) is 17.8 Å². The number of rotatable bonds is 5. The first-order chi connectivity index (χ1) is 9.48. The maximum absolute atomic E-state index is 12.8. The molecule has 1 rings (SSSR count). The molecule has 0 aromatic rings. The van der Waals surface area contributed by atoms with Gasteiger partial charge in [0.05, 0.1) is 0 Å². The standard InChI is InChI=1S/C14H20F6O/c1-3-9(4-2)11-7-5-6-10(11)8-12(21,13(15,16)17)14(18,19)20/h3,9-11,21H,1,4-8H2,2H3. The van der Waals surface area contributed by atoms with E-state index in [9.17, 15) is 31.4 Å². The third kappa shape index (κ3) is 3.55. The van der Waals surface area contributed by atoms with Gasteiger partial charge in [-0.2, -0.15) is 26.3 Å². The highest BCUT2D eigenvalue weighted by Gasteiger charge is 2.70. The van der Waals surface area contributed by atoms with E-state index in [1.807, 2.05) is 6.92 Å². The van der Waals surface area contributed by atoms with Crippen LogP contribution in [0.1, 0.15) is 39.0 Å². The second-order valence-corrected chi connectivity index (χ2v) is 5.72. The van der Waals surface area contributed by atoms with Crippen LogP contribution in [0.5, 0.6) is 0 Å². The molecular weight excluding hydrogens is 298 g/mol. The van der Waals surface area contributed by atoms with E-state index in [4.69, 9.17) is 0 Å². The van der Waals surface area contributed by atoms with Crippen LogP contribution in [-0.4, -0.2) is 23.1 Å². The van der Waals surface area contributed by atoms with E-state index in [1.54, 1.807) is 6.08 Å². The summed E-state index contributed by atoms with van der Waals surface area (Å²) in [5, 5.41) is 9.31. The molecule has 1 fully saturated rings. The molecule has 3 atom stereocenters. The molecule has 1 aliphatic rings. The van der Waals surface area contributed by atoms with Crippen molar-refractivity contribution in [1.29, 1.82) is 0 Å². The Kier molecular flexibility index (Phi) is 5.40. The fourth-order valence-electron chi connectivity index (χ4n) is 3.30. The van der Waals surface area contributed by atoms with Crippen LogP contribution >= 0.6 is 0 Å². The molecule has 21 heavy (non-hydrogen) atoms. The van der Waals surface area contributed by atoms with Crippen LogP contribution in [0.4, 0.5) is 26.3 Å². The molecule has 1 aliphatic carbocycles. The molecule has 0 heterocycles. The Morgan fingerprint density at radius 3 is 2.05 bits per heavy atom. The van der Waals surface area contributed by atoms with Gasteiger partial charge in [0, 0.05) is 0 Å². The van der Waals surface area contributed by atoms with Gasteiger partial charge in [-0.05, 0) is 37.0 Å². The highest BCUT2D eigenvalue weighted by Crippen LogP contribution is 2.51. The maximum atomic E-state index is 12.8. The van der Waals surface area contributed by atoms with Crippen molar-refractivity contribution in [3.63, 3.8) is 0 Å². The van der Waals surface area contributed by atoms with Crippen LogP contribution in [0.15, 0.2) is 12.7 Å². The van der Waals surface area contributed by atoms with Gasteiger partial charge in [0.15, 0.2) is 0 Å². The maximum Gasteiger partial charge on any atom is 0.426 e. The lowest BCUT2D eigenvalue weighted by atomic mass is 9.76. The highest BCUT2D eigenvalue weighted by atomic mass is 19.4. The molecule has 1 saturated carbocycles. The van der Waals surface area contributed by atoms with Crippen molar-refractivity contribution < 1.29 is 31.4 Å². The molecule has 0 amide bonds. The monoisotopic (exact) mass is 318 g/mol. The number of alkyl halides is 6. The Bertz CT molecular complexity index is 345. The predicted molar refractivity (Wildman–Crippen MR) is 66.5 cm³/mol. The van der Waals surface area contributed by atoms with Crippen LogP contribution in [0.2, 0.25) is 0 Å². The molecule has 0 aliphatic heterocycles. The summed E-state index contributed by atoms with van der Waals surface area (Å²) < 4.78 is 76.5. The molecule has 0 aromatic heterocycles. The first-order valence-corrected chi connectivity index (χ1v) is 6.96. The molecule has 0 bridgehead atoms. The predicted octanol–water partition coefficient (Wildman–Crippen LogP) is 4.86. The molecule has 7 heteroatoms. The summed E-state index contributed by atoms with van der Waals surface area (Å²) in [6.45, 7) is 5.42. The molecular formula is C14H20F6O. The van der Waals surface area contributed by atoms with E-state index in [1.165, 1.54) is 0 Å². The molecule has 0 spiro atoms. The third-order valence-corrected chi connectivity index (χ3v) is 4.54. The average Bonchev–Trinajstić information content (AvgIpc) is 2.76. The third-order valence-electron chi connectivity index (χ3n) is 4.54. The van der Waals surface area contributed by atoms with Crippen LogP contribution in [0, 0.1) is 17.8 Å². The number of halogens is 6. The van der Waals surface area contributed by atoms with Gasteiger partial charge in [-0.15, -0.1) is 6.58 Å². The van der Waals surface area contributed by atoms with Crippen molar-refractivity contribution in [3.05, 3.63) is 12.7 Å². The normalized spacial score (nSPS) is 25.9. The largest absolute Gasteiger partial charge is 0.426 e. The zero-order valence-electron chi connectivity index (χ0n) is 11.8. The smallest absolute Gasteiger partial charge is 0.374 e. The van der Waals surface area contributed by atoms with Crippen LogP contribution in [0.25, 0.3) is 0 Å². The Morgan fingerprint density at radius 2 is 1.67 bits per heavy atom. The molecule has 0 radical (unpaired) electrons. The van der Waals surface area contributed by atoms with E-state index in [0.717, 1.165) is 0 Å². The lowest BCUT2D eigenvalue weighted by Crippen LogP contribution is -2.58. The molecule has 1 N–H and O–H groups in total. The van der Waals surface area contributed by atoms with Crippen molar-refractivity contribution in [3.8, 4) is 0 Å². The number of aliphatic hydroxyl groups is 1. The number of hydrogen-bond acceptors (Lipinski definition) is 1. The topological polar surface area (TPSA) is 20.2 Å². The fourth-order valence-corrected chi connectivity index (χ4v) is 3.30. The van der Waals surface area contributed by atoms with Gasteiger partial charge in [-0.25, -0.2) is 0 Å². The number of hydrogen-bond donors (Lipinski definition) is 1. The summed E-state index contributed by atoms with van der Waals surface area (Å²) in [4.78, 5) is 0. The van der Waals surface area contributed by atoms with E-state index in [-0.39, 0.29) is 18.3 Å². The summed E-state index contributed by atoms with van der Waals surface area (Å²) in [6, 6.07) is 0. The molecule has 0 saturated heterocycles. The minimum Gasteiger partial charge on any atom is -0.374 e. The Hall–Kier alpha value is -0.720. The summed E-state index contributed by atoms with van der Waals surface area (Å²) in [5.41, 5.74) is -4.63. The van der Waals surface area contributed by atoms with Gasteiger partial charge in [0.2, 0.25) is 0 Å². The van der Waals surface area contributed by atoms with Crippen molar-refractivity contribution in [2.45, 2.75) is 57.0 Å². The molecule has 0 aromatic carbocycles. The zero-order chi connectivity index (χ0) is 16.5. The van der Waals surface area contributed by atoms with Gasteiger partial charge in [-0.1, -0.05) is 25.8 Å². The summed E-state index contributed by atoms with van der Waals surface area (Å²) in [6.07, 6.45) is -9.17. The van der Waals surface area contributed by atoms with E-state index < -0.39 is 30.3 Å². The van der Waals surface area contributed by atoms with Crippen molar-refractivity contribution in [1.82, 2.24) is 0 Å². The van der Waals surface area contributed by atoms with Gasteiger partial charge in [0.1, 0.15) is 0 Å². The lowest BCUT2D eigenvalue weighted by molar-refractivity contribution is -0.373. The second kappa shape index (κ2) is 6.18. The minimum absolute atomic E-state index is 0.122. The van der Waals surface area contributed by atoms with E-state index in [0.29, 0.717) is 19.3 Å². The van der Waals surface area contributed by atoms with Crippen LogP contribution in [-0.2, 0) is 0 Å². The first kappa shape index (κ1) is 18.3. The SMILES string of the molecule is C=CC(CC)C1CCCC1CC(O)(C(F)(F)F)C(F)(F)F. The van der Waals surface area contributed by atoms with Gasteiger partial charge < -0.3 is 5.11 Å². The van der Waals surface area contributed by atoms with E-state index >= 15 is 0 Å². The lowest BCUT2D eigenvalue weighted by Gasteiger charge is -2.36. The van der Waals surface area contributed by atoms with Gasteiger partial charge >= 0.3 is 12.4 Å². The molecule has 124 valence electrons. The van der Waals surface area contributed by atoms with Crippen molar-refractivity contribution in [2.75, 3.05) is 0 Å². The van der Waals surface area contributed by atoms with Crippen LogP contribution < -0.4 is 0 Å². The van der Waals surface area contributed by atoms with Crippen LogP contribution in [0.3, 0.4) is 0 Å². The Labute approximate surface area is 120 Å². The van der Waals surface area contributed by atoms with Gasteiger partial charge in [0.25, 0.3) is 5.60 Å². The fraction of sp³-hybridized carbons (Fsp3) is 0.857. The number of allylic oxidation sites excluding steroid dienone is 1.